The fourth-order valence-corrected chi connectivity index (χ4v) is 2.54. The second-order valence-electron chi connectivity index (χ2n) is 6.02. The lowest BCUT2D eigenvalue weighted by Crippen LogP contribution is -2.43. The monoisotopic (exact) mass is 275 g/mol. The van der Waals surface area contributed by atoms with Crippen LogP contribution in [-0.2, 0) is 4.79 Å². The predicted octanol–water partition coefficient (Wildman–Crippen LogP) is 1.45. The molecule has 3 rings (SSSR count). The summed E-state index contributed by atoms with van der Waals surface area (Å²) in [5.41, 5.74) is 1.33. The summed E-state index contributed by atoms with van der Waals surface area (Å²) in [6, 6.07) is 5.94. The highest BCUT2D eigenvalue weighted by atomic mass is 16.5. The summed E-state index contributed by atoms with van der Waals surface area (Å²) in [6.45, 7) is 8.06. The van der Waals surface area contributed by atoms with Gasteiger partial charge in [-0.2, -0.15) is 0 Å². The molecule has 1 saturated heterocycles. The minimum absolute atomic E-state index is 0.00807. The first-order valence-electron chi connectivity index (χ1n) is 7.11. The summed E-state index contributed by atoms with van der Waals surface area (Å²) in [4.78, 5) is 14.5. The van der Waals surface area contributed by atoms with Gasteiger partial charge in [-0.3, -0.25) is 4.79 Å². The lowest BCUT2D eigenvalue weighted by Gasteiger charge is -2.31. The zero-order valence-electron chi connectivity index (χ0n) is 12.0. The number of carbonyl (C=O) groups excluding carboxylic acids is 1. The number of anilines is 2. The zero-order valence-corrected chi connectivity index (χ0v) is 12.0. The Morgan fingerprint density at radius 2 is 2.00 bits per heavy atom. The molecule has 0 saturated carbocycles. The molecule has 0 aromatic heterocycles. The van der Waals surface area contributed by atoms with Gasteiger partial charge in [-0.1, -0.05) is 6.07 Å². The van der Waals surface area contributed by atoms with Gasteiger partial charge in [-0.15, -0.1) is 0 Å². The van der Waals surface area contributed by atoms with E-state index >= 15 is 0 Å². The second-order valence-corrected chi connectivity index (χ2v) is 6.02. The minimum atomic E-state index is -0.514. The number of rotatable bonds is 1. The van der Waals surface area contributed by atoms with E-state index in [0.717, 1.165) is 43.3 Å². The third kappa shape index (κ3) is 2.33. The van der Waals surface area contributed by atoms with Crippen LogP contribution in [0.15, 0.2) is 18.2 Å². The highest BCUT2D eigenvalue weighted by Crippen LogP contribution is 2.39. The quantitative estimate of drug-likeness (QED) is 0.814. The molecule has 0 atom stereocenters. The number of nitrogens with one attached hydrogen (secondary N) is 2. The lowest BCUT2D eigenvalue weighted by atomic mass is 9.94. The van der Waals surface area contributed by atoms with Crippen LogP contribution in [0.5, 0.6) is 5.75 Å². The van der Waals surface area contributed by atoms with E-state index < -0.39 is 5.41 Å². The first-order chi connectivity index (χ1) is 9.58. The molecule has 0 spiro atoms. The predicted molar refractivity (Wildman–Crippen MR) is 79.4 cm³/mol. The number of para-hydroxylation sites is 1. The summed E-state index contributed by atoms with van der Waals surface area (Å²) in [6.07, 6.45) is 0. The van der Waals surface area contributed by atoms with Crippen molar-refractivity contribution in [3.05, 3.63) is 18.2 Å². The van der Waals surface area contributed by atoms with Crippen LogP contribution >= 0.6 is 0 Å². The van der Waals surface area contributed by atoms with Crippen molar-refractivity contribution in [2.75, 3.05) is 43.0 Å². The van der Waals surface area contributed by atoms with E-state index in [1.165, 1.54) is 0 Å². The molecule has 1 aromatic carbocycles. The average Bonchev–Trinajstić information content (AvgIpc) is 2.57. The van der Waals surface area contributed by atoms with Crippen LogP contribution in [0.4, 0.5) is 11.4 Å². The summed E-state index contributed by atoms with van der Waals surface area (Å²) in [5.74, 6) is 0.807. The molecule has 5 nitrogen and oxygen atoms in total. The van der Waals surface area contributed by atoms with Gasteiger partial charge in [0.2, 0.25) is 5.91 Å². The highest BCUT2D eigenvalue weighted by molar-refractivity contribution is 5.98. The highest BCUT2D eigenvalue weighted by Gasteiger charge is 2.33. The first kappa shape index (κ1) is 13.2. The van der Waals surface area contributed by atoms with Crippen molar-refractivity contribution >= 4 is 17.3 Å². The molecule has 0 bridgehead atoms. The molecular weight excluding hydrogens is 254 g/mol. The Morgan fingerprint density at radius 1 is 1.25 bits per heavy atom. The molecule has 5 heteroatoms. The summed E-state index contributed by atoms with van der Waals surface area (Å²) < 4.78 is 5.97. The first-order valence-corrected chi connectivity index (χ1v) is 7.11. The molecule has 2 N–H and O–H groups in total. The number of ether oxygens (including phenoxy) is 1. The van der Waals surface area contributed by atoms with Crippen LogP contribution in [0.2, 0.25) is 0 Å². The third-order valence-corrected chi connectivity index (χ3v) is 3.89. The van der Waals surface area contributed by atoms with Gasteiger partial charge in [-0.05, 0) is 26.0 Å². The topological polar surface area (TPSA) is 53.6 Å². The van der Waals surface area contributed by atoms with Gasteiger partial charge in [0.15, 0.2) is 5.75 Å². The van der Waals surface area contributed by atoms with Gasteiger partial charge in [0.05, 0.1) is 16.8 Å². The summed E-state index contributed by atoms with van der Waals surface area (Å²) >= 11 is 0. The molecule has 2 aliphatic heterocycles. The Bertz CT molecular complexity index is 522. The molecular formula is C15H21N3O2. The second kappa shape index (κ2) is 4.98. The van der Waals surface area contributed by atoms with E-state index in [1.807, 2.05) is 26.0 Å². The Morgan fingerprint density at radius 3 is 2.75 bits per heavy atom. The molecule has 20 heavy (non-hydrogen) atoms. The van der Waals surface area contributed by atoms with E-state index in [9.17, 15) is 4.79 Å². The lowest BCUT2D eigenvalue weighted by molar-refractivity contribution is -0.124. The maximum absolute atomic E-state index is 12.2. The van der Waals surface area contributed by atoms with Gasteiger partial charge in [0.1, 0.15) is 6.61 Å². The van der Waals surface area contributed by atoms with Crippen LogP contribution in [0, 0.1) is 5.41 Å². The summed E-state index contributed by atoms with van der Waals surface area (Å²) in [5, 5.41) is 6.33. The van der Waals surface area contributed by atoms with Crippen molar-refractivity contribution in [1.29, 1.82) is 0 Å². The molecule has 0 radical (unpaired) electrons. The number of amides is 1. The number of carbonyl (C=O) groups is 1. The zero-order chi connectivity index (χ0) is 14.2. The Hall–Kier alpha value is -1.75. The molecule has 1 aromatic rings. The van der Waals surface area contributed by atoms with Crippen molar-refractivity contribution < 1.29 is 9.53 Å². The van der Waals surface area contributed by atoms with Crippen LogP contribution < -0.4 is 20.3 Å². The smallest absolute Gasteiger partial charge is 0.233 e. The van der Waals surface area contributed by atoms with Gasteiger partial charge in [0, 0.05) is 26.2 Å². The Kier molecular flexibility index (Phi) is 3.30. The van der Waals surface area contributed by atoms with Crippen LogP contribution in [-0.4, -0.2) is 38.7 Å². The molecule has 2 aliphatic rings. The largest absolute Gasteiger partial charge is 0.488 e. The number of piperazine rings is 1. The minimum Gasteiger partial charge on any atom is -0.488 e. The van der Waals surface area contributed by atoms with Crippen molar-refractivity contribution in [2.45, 2.75) is 13.8 Å². The third-order valence-electron chi connectivity index (χ3n) is 3.89. The SMILES string of the molecule is CC1(C)COc2c(cccc2N2CCNCC2)NC1=O. The van der Waals surface area contributed by atoms with Gasteiger partial charge >= 0.3 is 0 Å². The average molecular weight is 275 g/mol. The fraction of sp³-hybridized carbons (Fsp3) is 0.533. The fourth-order valence-electron chi connectivity index (χ4n) is 2.54. The Balaban J connectivity index is 1.96. The van der Waals surface area contributed by atoms with Gasteiger partial charge in [-0.25, -0.2) is 0 Å². The number of fused-ring (bicyclic) bond motifs is 1. The van der Waals surface area contributed by atoms with Crippen LogP contribution in [0.1, 0.15) is 13.8 Å². The molecule has 1 fully saturated rings. The standard InChI is InChI=1S/C15H21N3O2/c1-15(2)10-20-13-11(17-14(15)19)4-3-5-12(13)18-8-6-16-7-9-18/h3-5,16H,6-10H2,1-2H3,(H,17,19). The normalized spacial score (nSPS) is 21.5. The maximum Gasteiger partial charge on any atom is 0.233 e. The number of hydrogen-bond donors (Lipinski definition) is 2. The Labute approximate surface area is 119 Å². The maximum atomic E-state index is 12.2. The van der Waals surface area contributed by atoms with Gasteiger partial charge < -0.3 is 20.3 Å². The van der Waals surface area contributed by atoms with E-state index in [-0.39, 0.29) is 5.91 Å². The molecule has 1 amide bonds. The van der Waals surface area contributed by atoms with Crippen molar-refractivity contribution in [3.63, 3.8) is 0 Å². The van der Waals surface area contributed by atoms with E-state index in [0.29, 0.717) is 6.61 Å². The van der Waals surface area contributed by atoms with Crippen molar-refractivity contribution in [3.8, 4) is 5.75 Å². The van der Waals surface area contributed by atoms with Crippen molar-refractivity contribution in [1.82, 2.24) is 5.32 Å². The van der Waals surface area contributed by atoms with Crippen LogP contribution in [0.3, 0.4) is 0 Å². The van der Waals surface area contributed by atoms with Crippen molar-refractivity contribution in [2.24, 2.45) is 5.41 Å². The molecule has 2 heterocycles. The number of benzene rings is 1. The van der Waals surface area contributed by atoms with E-state index in [4.69, 9.17) is 4.74 Å². The molecule has 0 unspecified atom stereocenters. The van der Waals surface area contributed by atoms with Gasteiger partial charge in [0.25, 0.3) is 0 Å². The van der Waals surface area contributed by atoms with E-state index in [2.05, 4.69) is 21.6 Å². The molecule has 0 aliphatic carbocycles. The summed E-state index contributed by atoms with van der Waals surface area (Å²) in [7, 11) is 0. The number of hydrogen-bond acceptors (Lipinski definition) is 4. The number of nitrogens with zero attached hydrogens (tertiary/aromatic N) is 1. The molecule has 108 valence electrons. The van der Waals surface area contributed by atoms with E-state index in [1.54, 1.807) is 0 Å². The van der Waals surface area contributed by atoms with Crippen LogP contribution in [0.25, 0.3) is 0 Å².